The number of nitrogens with zero attached hydrogens (tertiary/aromatic N) is 1. The highest BCUT2D eigenvalue weighted by Gasteiger charge is 1.95. The topological polar surface area (TPSA) is 3.01 Å². The largest absolute Gasteiger partial charge is 0.235 e. The number of allylic oxidation sites excluding steroid dienone is 3. The van der Waals surface area contributed by atoms with Gasteiger partial charge in [-0.3, -0.25) is 0 Å². The average molecular weight is 136 g/mol. The summed E-state index contributed by atoms with van der Waals surface area (Å²) >= 11 is 0. The molecule has 54 valence electrons. The van der Waals surface area contributed by atoms with Gasteiger partial charge in [0.2, 0.25) is 0 Å². The van der Waals surface area contributed by atoms with Crippen LogP contribution in [0.1, 0.15) is 6.92 Å². The highest BCUT2D eigenvalue weighted by molar-refractivity contribution is 5.66. The monoisotopic (exact) mass is 136 g/mol. The molecule has 0 spiro atoms. The highest BCUT2D eigenvalue weighted by atomic mass is 14.9. The van der Waals surface area contributed by atoms with Crippen molar-refractivity contribution < 1.29 is 4.58 Å². The summed E-state index contributed by atoms with van der Waals surface area (Å²) in [6, 6.07) is 0. The summed E-state index contributed by atoms with van der Waals surface area (Å²) in [5.41, 5.74) is 0. The van der Waals surface area contributed by atoms with Gasteiger partial charge in [0.25, 0.3) is 0 Å². The fourth-order valence-corrected chi connectivity index (χ4v) is 0.939. The van der Waals surface area contributed by atoms with Gasteiger partial charge in [-0.2, -0.15) is 0 Å². The van der Waals surface area contributed by atoms with Gasteiger partial charge in [0.1, 0.15) is 7.05 Å². The SMILES string of the molecule is CC1/C=C\C=[N+](\C)C/C=C\1. The molecule has 1 aliphatic rings. The van der Waals surface area contributed by atoms with Crippen LogP contribution in [0, 0.1) is 5.92 Å². The van der Waals surface area contributed by atoms with Crippen LogP contribution in [0.4, 0.5) is 0 Å². The molecule has 10 heavy (non-hydrogen) atoms. The molecule has 0 amide bonds. The molecule has 1 heterocycles. The van der Waals surface area contributed by atoms with Gasteiger partial charge in [-0.25, -0.2) is 4.58 Å². The van der Waals surface area contributed by atoms with E-state index in [0.29, 0.717) is 5.92 Å². The quantitative estimate of drug-likeness (QED) is 0.350. The van der Waals surface area contributed by atoms with Crippen molar-refractivity contribution in [3.8, 4) is 0 Å². The van der Waals surface area contributed by atoms with Crippen molar-refractivity contribution in [2.45, 2.75) is 6.92 Å². The maximum Gasteiger partial charge on any atom is 0.163 e. The lowest BCUT2D eigenvalue weighted by atomic mass is 10.1. The maximum atomic E-state index is 2.22. The number of hydrogen-bond acceptors (Lipinski definition) is 0. The fourth-order valence-electron chi connectivity index (χ4n) is 0.939. The minimum absolute atomic E-state index is 0.588. The zero-order valence-electron chi connectivity index (χ0n) is 6.62. The van der Waals surface area contributed by atoms with E-state index < -0.39 is 0 Å². The van der Waals surface area contributed by atoms with Gasteiger partial charge in [-0.15, -0.1) is 0 Å². The van der Waals surface area contributed by atoms with Crippen LogP contribution in [-0.2, 0) is 0 Å². The average Bonchev–Trinajstić information content (AvgIpc) is 1.84. The van der Waals surface area contributed by atoms with Gasteiger partial charge in [-0.1, -0.05) is 19.1 Å². The first-order valence-electron chi connectivity index (χ1n) is 3.67. The molecule has 0 bridgehead atoms. The molecular formula is C9H14N+. The molecule has 0 aromatic carbocycles. The molecule has 0 aliphatic carbocycles. The Labute approximate surface area is 62.4 Å². The molecule has 0 aromatic heterocycles. The molecule has 0 aromatic rings. The Hall–Kier alpha value is -0.850. The molecule has 1 aliphatic heterocycles. The van der Waals surface area contributed by atoms with Crippen molar-refractivity contribution in [3.05, 3.63) is 24.3 Å². The lowest BCUT2D eigenvalue weighted by molar-refractivity contribution is -0.480. The first-order chi connectivity index (χ1) is 4.79. The van der Waals surface area contributed by atoms with Gasteiger partial charge in [0, 0.05) is 0 Å². The Morgan fingerprint density at radius 2 is 2.20 bits per heavy atom. The van der Waals surface area contributed by atoms with Crippen LogP contribution in [0.5, 0.6) is 0 Å². The highest BCUT2D eigenvalue weighted by Crippen LogP contribution is 1.99. The summed E-state index contributed by atoms with van der Waals surface area (Å²) in [5.74, 6) is 0.588. The first-order valence-corrected chi connectivity index (χ1v) is 3.67. The lowest BCUT2D eigenvalue weighted by Crippen LogP contribution is -2.07. The first kappa shape index (κ1) is 7.26. The molecule has 1 rings (SSSR count). The third kappa shape index (κ3) is 2.18. The second-order valence-electron chi connectivity index (χ2n) is 2.76. The van der Waals surface area contributed by atoms with E-state index in [-0.39, 0.29) is 0 Å². The summed E-state index contributed by atoms with van der Waals surface area (Å²) < 4.78 is 2.15. The minimum atomic E-state index is 0.588. The molecule has 0 saturated heterocycles. The van der Waals surface area contributed by atoms with Crippen molar-refractivity contribution >= 4 is 6.21 Å². The fraction of sp³-hybridized carbons (Fsp3) is 0.444. The van der Waals surface area contributed by atoms with E-state index in [1.54, 1.807) is 0 Å². The van der Waals surface area contributed by atoms with E-state index in [9.17, 15) is 0 Å². The van der Waals surface area contributed by atoms with E-state index in [2.05, 4.69) is 49.1 Å². The van der Waals surface area contributed by atoms with E-state index in [1.165, 1.54) is 0 Å². The number of rotatable bonds is 0. The molecule has 0 radical (unpaired) electrons. The standard InChI is InChI=1S/C9H14N/c1-9-5-3-7-10(2)8-4-6-9/h3-7,9H,8H2,1-2H3/q+1/b5-3-,6-4-,10-7-. The van der Waals surface area contributed by atoms with Crippen molar-refractivity contribution in [2.75, 3.05) is 13.6 Å². The summed E-state index contributed by atoms with van der Waals surface area (Å²) in [4.78, 5) is 0. The number of hydrogen-bond donors (Lipinski definition) is 0. The Bertz CT molecular complexity index is 187. The Balaban J connectivity index is 2.70. The van der Waals surface area contributed by atoms with E-state index >= 15 is 0 Å². The second-order valence-corrected chi connectivity index (χ2v) is 2.76. The van der Waals surface area contributed by atoms with Gasteiger partial charge in [0.15, 0.2) is 12.8 Å². The number of likely N-dealkylation sites (N-methyl/N-ethyl adjacent to an activating group) is 1. The van der Waals surface area contributed by atoms with Crippen LogP contribution in [0.3, 0.4) is 0 Å². The molecular weight excluding hydrogens is 122 g/mol. The Kier molecular flexibility index (Phi) is 2.43. The van der Waals surface area contributed by atoms with E-state index in [0.717, 1.165) is 6.54 Å². The normalized spacial score (nSPS) is 37.0. The molecule has 1 unspecified atom stereocenters. The van der Waals surface area contributed by atoms with E-state index in [1.807, 2.05) is 0 Å². The predicted octanol–water partition coefficient (Wildman–Crippen LogP) is 1.46. The van der Waals surface area contributed by atoms with Crippen LogP contribution in [0.15, 0.2) is 24.3 Å². The minimum Gasteiger partial charge on any atom is -0.235 e. The van der Waals surface area contributed by atoms with Crippen molar-refractivity contribution in [2.24, 2.45) is 5.92 Å². The third-order valence-corrected chi connectivity index (χ3v) is 1.59. The zero-order valence-corrected chi connectivity index (χ0v) is 6.62. The Morgan fingerprint density at radius 1 is 1.40 bits per heavy atom. The van der Waals surface area contributed by atoms with Crippen LogP contribution >= 0.6 is 0 Å². The lowest BCUT2D eigenvalue weighted by Gasteiger charge is -1.98. The second kappa shape index (κ2) is 3.35. The van der Waals surface area contributed by atoms with Crippen LogP contribution in [-0.4, -0.2) is 24.4 Å². The smallest absolute Gasteiger partial charge is 0.163 e. The van der Waals surface area contributed by atoms with Crippen molar-refractivity contribution in [1.82, 2.24) is 0 Å². The molecule has 0 N–H and O–H groups in total. The van der Waals surface area contributed by atoms with Crippen LogP contribution in [0.25, 0.3) is 0 Å². The van der Waals surface area contributed by atoms with Gasteiger partial charge in [0.05, 0.1) is 0 Å². The summed E-state index contributed by atoms with van der Waals surface area (Å²) in [7, 11) is 2.07. The molecule has 0 fully saturated rings. The van der Waals surface area contributed by atoms with Gasteiger partial charge < -0.3 is 0 Å². The van der Waals surface area contributed by atoms with Gasteiger partial charge in [-0.05, 0) is 18.1 Å². The molecule has 1 nitrogen and oxygen atoms in total. The molecule has 1 heteroatoms. The summed E-state index contributed by atoms with van der Waals surface area (Å²) in [5, 5.41) is 0. The molecule has 1 atom stereocenters. The maximum absolute atomic E-state index is 2.22. The molecule has 0 saturated carbocycles. The van der Waals surface area contributed by atoms with Crippen LogP contribution < -0.4 is 0 Å². The Morgan fingerprint density at radius 3 is 3.00 bits per heavy atom. The summed E-state index contributed by atoms with van der Waals surface area (Å²) in [6.45, 7) is 3.21. The van der Waals surface area contributed by atoms with Crippen molar-refractivity contribution in [3.63, 3.8) is 0 Å². The van der Waals surface area contributed by atoms with Crippen molar-refractivity contribution in [1.29, 1.82) is 0 Å². The summed E-state index contributed by atoms with van der Waals surface area (Å²) in [6.07, 6.45) is 10.8. The van der Waals surface area contributed by atoms with Gasteiger partial charge >= 0.3 is 0 Å². The van der Waals surface area contributed by atoms with E-state index in [4.69, 9.17) is 0 Å². The zero-order chi connectivity index (χ0) is 7.40. The van der Waals surface area contributed by atoms with Crippen LogP contribution in [0.2, 0.25) is 0 Å². The third-order valence-electron chi connectivity index (χ3n) is 1.59. The predicted molar refractivity (Wildman–Crippen MR) is 44.6 cm³/mol.